The summed E-state index contributed by atoms with van der Waals surface area (Å²) in [6.45, 7) is 0. The van der Waals surface area contributed by atoms with Gasteiger partial charge in [-0.25, -0.2) is 4.98 Å². The van der Waals surface area contributed by atoms with Gasteiger partial charge in [-0.15, -0.1) is 0 Å². The predicted molar refractivity (Wildman–Crippen MR) is 54.3 cm³/mol. The van der Waals surface area contributed by atoms with Crippen LogP contribution in [0.3, 0.4) is 0 Å². The average molecular weight is 224 g/mol. The zero-order valence-electron chi connectivity index (χ0n) is 6.83. The van der Waals surface area contributed by atoms with E-state index in [0.717, 1.165) is 0 Å². The van der Waals surface area contributed by atoms with E-state index >= 15 is 0 Å². The van der Waals surface area contributed by atoms with E-state index in [2.05, 4.69) is 9.97 Å². The maximum atomic E-state index is 8.72. The molecule has 2 aromatic heterocycles. The molecule has 0 amide bonds. The molecule has 0 aliphatic rings. The number of halogens is 2. The lowest BCUT2D eigenvalue weighted by molar-refractivity contribution is 1.30. The summed E-state index contributed by atoms with van der Waals surface area (Å²) in [6, 6.07) is 3.54. The summed E-state index contributed by atoms with van der Waals surface area (Å²) in [7, 11) is 0. The number of nitrogens with zero attached hydrogens (tertiary/aromatic N) is 3. The van der Waals surface area contributed by atoms with Gasteiger partial charge in [0.05, 0.1) is 22.3 Å². The minimum Gasteiger partial charge on any atom is -0.253 e. The van der Waals surface area contributed by atoms with E-state index in [9.17, 15) is 0 Å². The quantitative estimate of drug-likeness (QED) is 0.646. The molecule has 0 radical (unpaired) electrons. The van der Waals surface area contributed by atoms with Crippen LogP contribution < -0.4 is 0 Å². The highest BCUT2D eigenvalue weighted by atomic mass is 35.5. The van der Waals surface area contributed by atoms with E-state index in [0.29, 0.717) is 26.6 Å². The first-order valence-electron chi connectivity index (χ1n) is 3.72. The molecule has 2 rings (SSSR count). The molecule has 0 saturated heterocycles. The van der Waals surface area contributed by atoms with Crippen molar-refractivity contribution in [1.29, 1.82) is 5.26 Å². The lowest BCUT2D eigenvalue weighted by atomic mass is 10.2. The SMILES string of the molecule is N#Cc1cnc2cnc(Cl)cc2c1Cl. The monoisotopic (exact) mass is 223 g/mol. The Morgan fingerprint density at radius 1 is 1.21 bits per heavy atom. The number of pyridine rings is 2. The van der Waals surface area contributed by atoms with Gasteiger partial charge in [-0.3, -0.25) is 4.98 Å². The van der Waals surface area contributed by atoms with Crippen LogP contribution in [-0.2, 0) is 0 Å². The summed E-state index contributed by atoms with van der Waals surface area (Å²) in [6.07, 6.45) is 2.94. The van der Waals surface area contributed by atoms with Gasteiger partial charge in [0.15, 0.2) is 0 Å². The van der Waals surface area contributed by atoms with Gasteiger partial charge >= 0.3 is 0 Å². The molecule has 0 atom stereocenters. The number of hydrogen-bond donors (Lipinski definition) is 0. The van der Waals surface area contributed by atoms with Crippen LogP contribution in [0.2, 0.25) is 10.2 Å². The van der Waals surface area contributed by atoms with Gasteiger partial charge in [0, 0.05) is 11.6 Å². The number of nitriles is 1. The molecule has 0 bridgehead atoms. The minimum absolute atomic E-state index is 0.330. The number of aromatic nitrogens is 2. The summed E-state index contributed by atoms with van der Waals surface area (Å²) in [5.74, 6) is 0. The minimum atomic E-state index is 0.330. The predicted octanol–water partition coefficient (Wildman–Crippen LogP) is 2.81. The lowest BCUT2D eigenvalue weighted by Gasteiger charge is -2.00. The van der Waals surface area contributed by atoms with Gasteiger partial charge in [0.2, 0.25) is 0 Å². The third-order valence-corrected chi connectivity index (χ3v) is 2.39. The van der Waals surface area contributed by atoms with Crippen molar-refractivity contribution in [1.82, 2.24) is 9.97 Å². The summed E-state index contributed by atoms with van der Waals surface area (Å²) < 4.78 is 0. The Hall–Kier alpha value is -1.37. The standard InChI is InChI=1S/C9H3Cl2N3/c10-8-1-6-7(4-14-8)13-3-5(2-12)9(6)11/h1,3-4H. The molecule has 0 spiro atoms. The van der Waals surface area contributed by atoms with E-state index in [1.807, 2.05) is 6.07 Å². The van der Waals surface area contributed by atoms with Gasteiger partial charge in [-0.2, -0.15) is 5.26 Å². The Bertz CT molecular complexity index is 545. The number of hydrogen-bond acceptors (Lipinski definition) is 3. The lowest BCUT2D eigenvalue weighted by Crippen LogP contribution is -1.86. The second-order valence-electron chi connectivity index (χ2n) is 2.62. The van der Waals surface area contributed by atoms with Gasteiger partial charge in [0.25, 0.3) is 0 Å². The average Bonchev–Trinajstić information content (AvgIpc) is 2.20. The second kappa shape index (κ2) is 3.41. The first-order valence-corrected chi connectivity index (χ1v) is 4.48. The van der Waals surface area contributed by atoms with Crippen molar-refractivity contribution in [2.24, 2.45) is 0 Å². The van der Waals surface area contributed by atoms with Crippen LogP contribution in [0.1, 0.15) is 5.56 Å². The third kappa shape index (κ3) is 1.39. The summed E-state index contributed by atoms with van der Waals surface area (Å²) in [5.41, 5.74) is 0.958. The summed E-state index contributed by atoms with van der Waals surface area (Å²) >= 11 is 11.7. The molecule has 68 valence electrons. The maximum Gasteiger partial charge on any atom is 0.129 e. The van der Waals surface area contributed by atoms with Crippen LogP contribution in [0.4, 0.5) is 0 Å². The highest BCUT2D eigenvalue weighted by Gasteiger charge is 2.06. The maximum absolute atomic E-state index is 8.72. The highest BCUT2D eigenvalue weighted by molar-refractivity contribution is 6.37. The van der Waals surface area contributed by atoms with Crippen LogP contribution in [-0.4, -0.2) is 9.97 Å². The topological polar surface area (TPSA) is 49.6 Å². The Morgan fingerprint density at radius 3 is 2.71 bits per heavy atom. The zero-order valence-corrected chi connectivity index (χ0v) is 8.34. The second-order valence-corrected chi connectivity index (χ2v) is 3.39. The van der Waals surface area contributed by atoms with Gasteiger partial charge < -0.3 is 0 Å². The molecule has 0 aromatic carbocycles. The molecule has 0 aliphatic heterocycles. The summed E-state index contributed by atoms with van der Waals surface area (Å²) in [4.78, 5) is 7.89. The molecule has 14 heavy (non-hydrogen) atoms. The Morgan fingerprint density at radius 2 is 2.00 bits per heavy atom. The number of rotatable bonds is 0. The fraction of sp³-hybridized carbons (Fsp3) is 0. The fourth-order valence-corrected chi connectivity index (χ4v) is 1.52. The van der Waals surface area contributed by atoms with E-state index in [1.54, 1.807) is 6.07 Å². The molecule has 3 nitrogen and oxygen atoms in total. The van der Waals surface area contributed by atoms with Crippen molar-refractivity contribution < 1.29 is 0 Å². The van der Waals surface area contributed by atoms with Crippen molar-refractivity contribution in [3.8, 4) is 6.07 Å². The van der Waals surface area contributed by atoms with Crippen molar-refractivity contribution in [3.05, 3.63) is 34.2 Å². The van der Waals surface area contributed by atoms with Gasteiger partial charge in [-0.05, 0) is 6.07 Å². The molecule has 0 fully saturated rings. The Kier molecular flexibility index (Phi) is 2.24. The molecular formula is C9H3Cl2N3. The van der Waals surface area contributed by atoms with Crippen molar-refractivity contribution in [2.75, 3.05) is 0 Å². The van der Waals surface area contributed by atoms with Gasteiger partial charge in [0.1, 0.15) is 11.2 Å². The van der Waals surface area contributed by atoms with Gasteiger partial charge in [-0.1, -0.05) is 23.2 Å². The number of fused-ring (bicyclic) bond motifs is 1. The molecule has 0 N–H and O–H groups in total. The summed E-state index contributed by atoms with van der Waals surface area (Å²) in [5, 5.41) is 10.1. The first kappa shape index (κ1) is 9.20. The third-order valence-electron chi connectivity index (χ3n) is 1.78. The smallest absolute Gasteiger partial charge is 0.129 e. The molecule has 2 heterocycles. The van der Waals surface area contributed by atoms with Crippen molar-refractivity contribution in [2.45, 2.75) is 0 Å². The molecular weight excluding hydrogens is 221 g/mol. The zero-order chi connectivity index (χ0) is 10.1. The van der Waals surface area contributed by atoms with Crippen LogP contribution in [0.5, 0.6) is 0 Å². The molecule has 0 aliphatic carbocycles. The largest absolute Gasteiger partial charge is 0.253 e. The van der Waals surface area contributed by atoms with Crippen LogP contribution >= 0.6 is 23.2 Å². The van der Waals surface area contributed by atoms with E-state index in [4.69, 9.17) is 28.5 Å². The normalized spacial score (nSPS) is 10.1. The molecule has 2 aromatic rings. The fourth-order valence-electron chi connectivity index (χ4n) is 1.12. The van der Waals surface area contributed by atoms with Crippen molar-refractivity contribution >= 4 is 34.1 Å². The van der Waals surface area contributed by atoms with Crippen LogP contribution in [0.15, 0.2) is 18.5 Å². The van der Waals surface area contributed by atoms with Crippen LogP contribution in [0.25, 0.3) is 10.9 Å². The van der Waals surface area contributed by atoms with Crippen LogP contribution in [0, 0.1) is 11.3 Å². The molecule has 0 unspecified atom stereocenters. The first-order chi connectivity index (χ1) is 6.72. The van der Waals surface area contributed by atoms with E-state index in [-0.39, 0.29) is 0 Å². The Labute approximate surface area is 89.9 Å². The highest BCUT2D eigenvalue weighted by Crippen LogP contribution is 2.26. The van der Waals surface area contributed by atoms with E-state index < -0.39 is 0 Å². The van der Waals surface area contributed by atoms with Crippen molar-refractivity contribution in [3.63, 3.8) is 0 Å². The Balaban J connectivity index is 2.88. The molecule has 5 heteroatoms. The molecule has 0 saturated carbocycles. The van der Waals surface area contributed by atoms with E-state index in [1.165, 1.54) is 12.4 Å².